The molecular weight excluding hydrogens is 202 g/mol. The molecule has 0 radical (unpaired) electrons. The third kappa shape index (κ3) is 2.09. The first kappa shape index (κ1) is 11.1. The molecule has 0 saturated carbocycles. The molecule has 0 aromatic heterocycles. The van der Waals surface area contributed by atoms with E-state index in [-0.39, 0.29) is 5.97 Å². The number of benzene rings is 1. The molecule has 2 rings (SSSR count). The molecule has 1 fully saturated rings. The van der Waals surface area contributed by atoms with Gasteiger partial charge >= 0.3 is 5.97 Å². The van der Waals surface area contributed by atoms with E-state index in [4.69, 9.17) is 4.74 Å². The lowest BCUT2D eigenvalue weighted by Crippen LogP contribution is -2.17. The van der Waals surface area contributed by atoms with Gasteiger partial charge in [-0.05, 0) is 37.9 Å². The maximum Gasteiger partial charge on any atom is 0.338 e. The smallest absolute Gasteiger partial charge is 0.338 e. The molecule has 16 heavy (non-hydrogen) atoms. The molecule has 3 nitrogen and oxygen atoms in total. The molecule has 1 atom stereocenters. The lowest BCUT2D eigenvalue weighted by molar-refractivity contribution is 0.0598. The van der Waals surface area contributed by atoms with Crippen LogP contribution in [0.2, 0.25) is 0 Å². The number of carbonyl (C=O) groups is 1. The first-order valence-electron chi connectivity index (χ1n) is 5.64. The molecule has 3 heteroatoms. The summed E-state index contributed by atoms with van der Waals surface area (Å²) >= 11 is 0. The highest BCUT2D eigenvalue weighted by atomic mass is 16.5. The van der Waals surface area contributed by atoms with Crippen LogP contribution in [0.5, 0.6) is 0 Å². The van der Waals surface area contributed by atoms with E-state index in [0.717, 1.165) is 24.1 Å². The van der Waals surface area contributed by atoms with Gasteiger partial charge in [0.05, 0.1) is 12.7 Å². The molecule has 1 aliphatic heterocycles. The number of nitrogens with one attached hydrogen (secondary N) is 1. The van der Waals surface area contributed by atoms with Crippen LogP contribution in [0.1, 0.15) is 40.4 Å². The van der Waals surface area contributed by atoms with Gasteiger partial charge in [-0.15, -0.1) is 0 Å². The number of hydrogen-bond acceptors (Lipinski definition) is 3. The summed E-state index contributed by atoms with van der Waals surface area (Å²) in [5.74, 6) is -0.243. The number of rotatable bonds is 2. The molecule has 0 bridgehead atoms. The summed E-state index contributed by atoms with van der Waals surface area (Å²) in [6, 6.07) is 6.28. The maximum absolute atomic E-state index is 11.7. The van der Waals surface area contributed by atoms with Crippen molar-refractivity contribution >= 4 is 5.97 Å². The van der Waals surface area contributed by atoms with Gasteiger partial charge in [0.2, 0.25) is 0 Å². The van der Waals surface area contributed by atoms with Gasteiger partial charge in [0.25, 0.3) is 0 Å². The second kappa shape index (κ2) is 4.66. The highest BCUT2D eigenvalue weighted by Crippen LogP contribution is 2.27. The Morgan fingerprint density at radius 3 is 2.94 bits per heavy atom. The summed E-state index contributed by atoms with van der Waals surface area (Å²) in [6.07, 6.45) is 2.26. The Kier molecular flexibility index (Phi) is 3.25. The fourth-order valence-corrected chi connectivity index (χ4v) is 2.21. The van der Waals surface area contributed by atoms with Crippen molar-refractivity contribution in [3.63, 3.8) is 0 Å². The minimum atomic E-state index is -0.243. The molecule has 86 valence electrons. The predicted octanol–water partition coefficient (Wildman–Crippen LogP) is 2.21. The number of hydrogen-bond donors (Lipinski definition) is 1. The van der Waals surface area contributed by atoms with Gasteiger partial charge in [-0.25, -0.2) is 4.79 Å². The van der Waals surface area contributed by atoms with Crippen molar-refractivity contribution in [2.45, 2.75) is 25.8 Å². The normalized spacial score (nSPS) is 19.8. The molecule has 0 unspecified atom stereocenters. The summed E-state index contributed by atoms with van der Waals surface area (Å²) in [5.41, 5.74) is 2.85. The molecule has 1 heterocycles. The Labute approximate surface area is 95.8 Å². The Bertz CT molecular complexity index is 395. The van der Waals surface area contributed by atoms with E-state index < -0.39 is 0 Å². The van der Waals surface area contributed by atoms with Gasteiger partial charge in [0.1, 0.15) is 0 Å². The van der Waals surface area contributed by atoms with Crippen molar-refractivity contribution in [3.8, 4) is 0 Å². The van der Waals surface area contributed by atoms with E-state index in [9.17, 15) is 4.79 Å². The van der Waals surface area contributed by atoms with Crippen molar-refractivity contribution < 1.29 is 9.53 Å². The number of aryl methyl sites for hydroxylation is 1. The van der Waals surface area contributed by atoms with Crippen LogP contribution >= 0.6 is 0 Å². The van der Waals surface area contributed by atoms with E-state index in [1.54, 1.807) is 0 Å². The summed E-state index contributed by atoms with van der Waals surface area (Å²) < 4.78 is 4.82. The van der Waals surface area contributed by atoms with Crippen LogP contribution in [0.3, 0.4) is 0 Å². The van der Waals surface area contributed by atoms with Crippen molar-refractivity contribution in [3.05, 3.63) is 34.9 Å². The standard InChI is InChI=1S/C13H17NO2/c1-9-5-6-10(12-4-3-7-14-12)11(8-9)13(15)16-2/h5-6,8,12,14H,3-4,7H2,1-2H3/t12-/m1/s1. The van der Waals surface area contributed by atoms with Crippen LogP contribution in [0.15, 0.2) is 18.2 Å². The summed E-state index contributed by atoms with van der Waals surface area (Å²) in [4.78, 5) is 11.7. The molecule has 1 N–H and O–H groups in total. The van der Waals surface area contributed by atoms with Gasteiger partial charge in [0, 0.05) is 6.04 Å². The monoisotopic (exact) mass is 219 g/mol. The third-order valence-corrected chi connectivity index (χ3v) is 3.05. The zero-order valence-corrected chi connectivity index (χ0v) is 9.75. The number of ether oxygens (including phenoxy) is 1. The molecule has 0 spiro atoms. The van der Waals surface area contributed by atoms with E-state index in [2.05, 4.69) is 5.32 Å². The van der Waals surface area contributed by atoms with Crippen LogP contribution in [0.4, 0.5) is 0 Å². The van der Waals surface area contributed by atoms with Crippen LogP contribution in [0.25, 0.3) is 0 Å². The second-order valence-electron chi connectivity index (χ2n) is 4.23. The highest BCUT2D eigenvalue weighted by Gasteiger charge is 2.22. The molecule has 0 aliphatic carbocycles. The van der Waals surface area contributed by atoms with Crippen molar-refractivity contribution in [2.24, 2.45) is 0 Å². The fourth-order valence-electron chi connectivity index (χ4n) is 2.21. The second-order valence-corrected chi connectivity index (χ2v) is 4.23. The summed E-state index contributed by atoms with van der Waals surface area (Å²) in [6.45, 7) is 3.01. The Morgan fingerprint density at radius 2 is 2.31 bits per heavy atom. The minimum Gasteiger partial charge on any atom is -0.465 e. The van der Waals surface area contributed by atoms with Gasteiger partial charge in [-0.1, -0.05) is 17.7 Å². The maximum atomic E-state index is 11.7. The zero-order valence-electron chi connectivity index (χ0n) is 9.75. The lowest BCUT2D eigenvalue weighted by atomic mass is 9.97. The molecule has 1 saturated heterocycles. The zero-order chi connectivity index (χ0) is 11.5. The number of carbonyl (C=O) groups excluding carboxylic acids is 1. The first-order chi connectivity index (χ1) is 7.72. The highest BCUT2D eigenvalue weighted by molar-refractivity contribution is 5.91. The first-order valence-corrected chi connectivity index (χ1v) is 5.64. The van der Waals surface area contributed by atoms with Crippen LogP contribution in [-0.2, 0) is 4.74 Å². The van der Waals surface area contributed by atoms with Gasteiger partial charge < -0.3 is 10.1 Å². The molecule has 1 aliphatic rings. The van der Waals surface area contributed by atoms with Crippen molar-refractivity contribution in [2.75, 3.05) is 13.7 Å². The van der Waals surface area contributed by atoms with Crippen molar-refractivity contribution in [1.29, 1.82) is 0 Å². The van der Waals surface area contributed by atoms with E-state index in [1.165, 1.54) is 13.5 Å². The van der Waals surface area contributed by atoms with E-state index in [1.807, 2.05) is 25.1 Å². The predicted molar refractivity (Wildman–Crippen MR) is 62.5 cm³/mol. The fraction of sp³-hybridized carbons (Fsp3) is 0.462. The van der Waals surface area contributed by atoms with E-state index in [0.29, 0.717) is 11.6 Å². The van der Waals surface area contributed by atoms with Gasteiger partial charge in [-0.3, -0.25) is 0 Å². The Hall–Kier alpha value is -1.35. The quantitative estimate of drug-likeness (QED) is 0.775. The summed E-state index contributed by atoms with van der Waals surface area (Å²) in [5, 5.41) is 3.40. The minimum absolute atomic E-state index is 0.243. The topological polar surface area (TPSA) is 38.3 Å². The number of methoxy groups -OCH3 is 1. The largest absolute Gasteiger partial charge is 0.465 e. The average Bonchev–Trinajstić information content (AvgIpc) is 2.81. The van der Waals surface area contributed by atoms with Crippen LogP contribution < -0.4 is 5.32 Å². The average molecular weight is 219 g/mol. The Morgan fingerprint density at radius 1 is 1.50 bits per heavy atom. The number of esters is 1. The molecular formula is C13H17NO2. The SMILES string of the molecule is COC(=O)c1cc(C)ccc1[C@H]1CCCN1. The summed E-state index contributed by atoms with van der Waals surface area (Å²) in [7, 11) is 1.43. The van der Waals surface area contributed by atoms with Crippen LogP contribution in [-0.4, -0.2) is 19.6 Å². The van der Waals surface area contributed by atoms with Gasteiger partial charge in [0.15, 0.2) is 0 Å². The molecule has 1 aromatic rings. The molecule has 0 amide bonds. The lowest BCUT2D eigenvalue weighted by Gasteiger charge is -2.15. The third-order valence-electron chi connectivity index (χ3n) is 3.05. The van der Waals surface area contributed by atoms with Crippen molar-refractivity contribution in [1.82, 2.24) is 5.32 Å². The molecule has 1 aromatic carbocycles. The van der Waals surface area contributed by atoms with Gasteiger partial charge in [-0.2, -0.15) is 0 Å². The van der Waals surface area contributed by atoms with E-state index >= 15 is 0 Å². The van der Waals surface area contributed by atoms with Crippen LogP contribution in [0, 0.1) is 6.92 Å². The Balaban J connectivity index is 2.38.